The van der Waals surface area contributed by atoms with Gasteiger partial charge in [-0.1, -0.05) is 23.8 Å². The van der Waals surface area contributed by atoms with E-state index in [-0.39, 0.29) is 5.56 Å². The summed E-state index contributed by atoms with van der Waals surface area (Å²) in [7, 11) is 3.50. The van der Waals surface area contributed by atoms with Gasteiger partial charge in [0.25, 0.3) is 5.56 Å². The Morgan fingerprint density at radius 1 is 1.18 bits per heavy atom. The molecule has 4 nitrogen and oxygen atoms in total. The Kier molecular flexibility index (Phi) is 5.52. The fraction of sp³-hybridized carbons (Fsp3) is 0.389. The first-order valence-electron chi connectivity index (χ1n) is 7.50. The van der Waals surface area contributed by atoms with E-state index in [0.717, 1.165) is 23.4 Å². The molecular formula is C18H24N2O2. The van der Waals surface area contributed by atoms with Gasteiger partial charge in [-0.2, -0.15) is 0 Å². The monoisotopic (exact) mass is 300 g/mol. The van der Waals surface area contributed by atoms with Crippen molar-refractivity contribution in [2.24, 2.45) is 7.05 Å². The summed E-state index contributed by atoms with van der Waals surface area (Å²) in [6.07, 6.45) is 0. The van der Waals surface area contributed by atoms with E-state index >= 15 is 0 Å². The van der Waals surface area contributed by atoms with Gasteiger partial charge < -0.3 is 14.6 Å². The SMILES string of the molecule is COCCNCc1ccc(-c2cc(C)ccc2C)n(C)c1=O. The topological polar surface area (TPSA) is 43.3 Å². The van der Waals surface area contributed by atoms with Crippen LogP contribution in [0.2, 0.25) is 0 Å². The van der Waals surface area contributed by atoms with E-state index in [1.165, 1.54) is 11.1 Å². The van der Waals surface area contributed by atoms with Gasteiger partial charge in [-0.25, -0.2) is 0 Å². The normalized spacial score (nSPS) is 10.9. The van der Waals surface area contributed by atoms with Crippen molar-refractivity contribution in [3.05, 3.63) is 57.4 Å². The maximum absolute atomic E-state index is 12.5. The first-order chi connectivity index (χ1) is 10.5. The number of benzene rings is 1. The standard InChI is InChI=1S/C18H24N2O2/c1-13-5-6-14(2)16(11-13)17-8-7-15(18(21)20(17)3)12-19-9-10-22-4/h5-8,11,19H,9-10,12H2,1-4H3. The van der Waals surface area contributed by atoms with E-state index in [0.29, 0.717) is 13.2 Å². The number of methoxy groups -OCH3 is 1. The fourth-order valence-corrected chi connectivity index (χ4v) is 2.50. The molecule has 0 aliphatic carbocycles. The summed E-state index contributed by atoms with van der Waals surface area (Å²) in [5.41, 5.74) is 5.24. The van der Waals surface area contributed by atoms with E-state index in [1.54, 1.807) is 11.7 Å². The lowest BCUT2D eigenvalue weighted by Gasteiger charge is -2.14. The van der Waals surface area contributed by atoms with E-state index in [4.69, 9.17) is 4.74 Å². The Morgan fingerprint density at radius 2 is 1.95 bits per heavy atom. The molecule has 0 fully saturated rings. The minimum Gasteiger partial charge on any atom is -0.383 e. The van der Waals surface area contributed by atoms with Gasteiger partial charge in [0.1, 0.15) is 0 Å². The molecule has 0 saturated heterocycles. The number of rotatable bonds is 6. The van der Waals surface area contributed by atoms with Crippen LogP contribution in [0.1, 0.15) is 16.7 Å². The van der Waals surface area contributed by atoms with Crippen LogP contribution in [-0.4, -0.2) is 24.8 Å². The smallest absolute Gasteiger partial charge is 0.255 e. The zero-order valence-corrected chi connectivity index (χ0v) is 13.8. The van der Waals surface area contributed by atoms with Crippen molar-refractivity contribution in [2.45, 2.75) is 20.4 Å². The third kappa shape index (κ3) is 3.64. The molecule has 0 aliphatic heterocycles. The van der Waals surface area contributed by atoms with Crippen LogP contribution in [0, 0.1) is 13.8 Å². The van der Waals surface area contributed by atoms with Gasteiger partial charge >= 0.3 is 0 Å². The third-order valence-electron chi connectivity index (χ3n) is 3.85. The predicted octanol–water partition coefficient (Wildman–Crippen LogP) is 2.41. The first kappa shape index (κ1) is 16.5. The Hall–Kier alpha value is -1.91. The molecule has 0 atom stereocenters. The quantitative estimate of drug-likeness (QED) is 0.833. The predicted molar refractivity (Wildman–Crippen MR) is 90.2 cm³/mol. The van der Waals surface area contributed by atoms with Gasteiger partial charge in [0.05, 0.1) is 12.3 Å². The number of hydrogen-bond acceptors (Lipinski definition) is 3. The highest BCUT2D eigenvalue weighted by Crippen LogP contribution is 2.23. The van der Waals surface area contributed by atoms with Crippen LogP contribution >= 0.6 is 0 Å². The summed E-state index contributed by atoms with van der Waals surface area (Å²) >= 11 is 0. The van der Waals surface area contributed by atoms with Crippen molar-refractivity contribution in [3.8, 4) is 11.3 Å². The molecule has 0 unspecified atom stereocenters. The van der Waals surface area contributed by atoms with Crippen LogP contribution in [0.5, 0.6) is 0 Å². The number of ether oxygens (including phenoxy) is 1. The van der Waals surface area contributed by atoms with Crippen LogP contribution in [0.3, 0.4) is 0 Å². The van der Waals surface area contributed by atoms with Gasteiger partial charge in [0.2, 0.25) is 0 Å². The Labute approximate surface area is 131 Å². The summed E-state index contributed by atoms with van der Waals surface area (Å²) in [6, 6.07) is 10.2. The first-order valence-corrected chi connectivity index (χ1v) is 7.50. The van der Waals surface area contributed by atoms with Gasteiger partial charge in [-0.05, 0) is 31.5 Å². The number of nitrogens with zero attached hydrogens (tertiary/aromatic N) is 1. The molecule has 118 valence electrons. The van der Waals surface area contributed by atoms with Crippen LogP contribution in [0.15, 0.2) is 35.1 Å². The van der Waals surface area contributed by atoms with Crippen LogP contribution < -0.4 is 10.9 Å². The summed E-state index contributed by atoms with van der Waals surface area (Å²) in [6.45, 7) is 6.07. The van der Waals surface area contributed by atoms with Crippen molar-refractivity contribution in [1.29, 1.82) is 0 Å². The minimum absolute atomic E-state index is 0.0447. The maximum atomic E-state index is 12.5. The highest BCUT2D eigenvalue weighted by atomic mass is 16.5. The summed E-state index contributed by atoms with van der Waals surface area (Å²) in [5, 5.41) is 3.21. The zero-order chi connectivity index (χ0) is 16.1. The van der Waals surface area contributed by atoms with Crippen molar-refractivity contribution in [2.75, 3.05) is 20.3 Å². The van der Waals surface area contributed by atoms with E-state index in [2.05, 4.69) is 37.4 Å². The average Bonchev–Trinajstić information content (AvgIpc) is 2.50. The second kappa shape index (κ2) is 7.38. The second-order valence-electron chi connectivity index (χ2n) is 5.60. The molecule has 0 radical (unpaired) electrons. The number of aromatic nitrogens is 1. The fourth-order valence-electron chi connectivity index (χ4n) is 2.50. The lowest BCUT2D eigenvalue weighted by atomic mass is 10.0. The molecule has 4 heteroatoms. The molecule has 1 N–H and O–H groups in total. The maximum Gasteiger partial charge on any atom is 0.255 e. The molecule has 1 aromatic heterocycles. The molecule has 1 heterocycles. The second-order valence-corrected chi connectivity index (χ2v) is 5.60. The molecule has 0 spiro atoms. The summed E-state index contributed by atoms with van der Waals surface area (Å²) in [5.74, 6) is 0. The zero-order valence-electron chi connectivity index (χ0n) is 13.8. The van der Waals surface area contributed by atoms with Gasteiger partial charge in [0.15, 0.2) is 0 Å². The molecule has 0 aliphatic rings. The lowest BCUT2D eigenvalue weighted by Crippen LogP contribution is -2.27. The van der Waals surface area contributed by atoms with Crippen molar-refractivity contribution < 1.29 is 4.74 Å². The summed E-state index contributed by atoms with van der Waals surface area (Å²) in [4.78, 5) is 12.5. The van der Waals surface area contributed by atoms with Gasteiger partial charge in [-0.3, -0.25) is 4.79 Å². The van der Waals surface area contributed by atoms with Crippen molar-refractivity contribution >= 4 is 0 Å². The minimum atomic E-state index is 0.0447. The third-order valence-corrected chi connectivity index (χ3v) is 3.85. The Balaban J connectivity index is 2.30. The number of nitrogens with one attached hydrogen (secondary N) is 1. The lowest BCUT2D eigenvalue weighted by molar-refractivity contribution is 0.199. The van der Waals surface area contributed by atoms with Gasteiger partial charge in [-0.15, -0.1) is 0 Å². The van der Waals surface area contributed by atoms with Crippen molar-refractivity contribution in [3.63, 3.8) is 0 Å². The van der Waals surface area contributed by atoms with E-state index in [1.807, 2.05) is 19.2 Å². The molecule has 0 bridgehead atoms. The molecule has 2 aromatic rings. The van der Waals surface area contributed by atoms with Crippen LogP contribution in [0.25, 0.3) is 11.3 Å². The number of pyridine rings is 1. The van der Waals surface area contributed by atoms with Crippen molar-refractivity contribution in [1.82, 2.24) is 9.88 Å². The highest BCUT2D eigenvalue weighted by Gasteiger charge is 2.09. The highest BCUT2D eigenvalue weighted by molar-refractivity contribution is 5.65. The number of aryl methyl sites for hydroxylation is 2. The molecular weight excluding hydrogens is 276 g/mol. The van der Waals surface area contributed by atoms with Gasteiger partial charge in [0, 0.05) is 38.4 Å². The van der Waals surface area contributed by atoms with Crippen LogP contribution in [0.4, 0.5) is 0 Å². The van der Waals surface area contributed by atoms with Crippen LogP contribution in [-0.2, 0) is 18.3 Å². The largest absolute Gasteiger partial charge is 0.383 e. The Morgan fingerprint density at radius 3 is 2.68 bits per heavy atom. The number of hydrogen-bond donors (Lipinski definition) is 1. The molecule has 2 rings (SSSR count). The summed E-state index contributed by atoms with van der Waals surface area (Å²) < 4.78 is 6.72. The molecule has 22 heavy (non-hydrogen) atoms. The van der Waals surface area contributed by atoms with E-state index < -0.39 is 0 Å². The average molecular weight is 300 g/mol. The molecule has 0 saturated carbocycles. The molecule has 1 aromatic carbocycles. The molecule has 0 amide bonds. The van der Waals surface area contributed by atoms with E-state index in [9.17, 15) is 4.79 Å². The Bertz CT molecular complexity index is 705.